The van der Waals surface area contributed by atoms with Crippen molar-refractivity contribution in [3.8, 4) is 28.7 Å². The minimum atomic E-state index is -0.0343. The minimum Gasteiger partial charge on any atom is -0.496 e. The summed E-state index contributed by atoms with van der Waals surface area (Å²) in [6.45, 7) is 3.91. The van der Waals surface area contributed by atoms with Gasteiger partial charge in [0.15, 0.2) is 11.5 Å². The van der Waals surface area contributed by atoms with E-state index in [0.29, 0.717) is 27.7 Å². The van der Waals surface area contributed by atoms with Crippen molar-refractivity contribution in [2.24, 2.45) is 0 Å². The fraction of sp³-hybridized carbons (Fsp3) is 0.250. The van der Waals surface area contributed by atoms with Gasteiger partial charge in [0.25, 0.3) is 0 Å². The summed E-state index contributed by atoms with van der Waals surface area (Å²) in [5.41, 5.74) is 4.97. The summed E-state index contributed by atoms with van der Waals surface area (Å²) >= 11 is 1.44. The number of allylic oxidation sites excluding steroid dienone is 1. The van der Waals surface area contributed by atoms with Gasteiger partial charge in [-0.1, -0.05) is 17.8 Å². The lowest BCUT2D eigenvalue weighted by molar-refractivity contribution is 0.104. The molecule has 3 aromatic carbocycles. The molecule has 1 aliphatic rings. The number of Topliss-reactive ketones (excluding diaryl/α,β-unsaturated/α-hetero) is 1. The average Bonchev–Trinajstić information content (AvgIpc) is 3.17. The monoisotopic (exact) mass is 492 g/mol. The van der Waals surface area contributed by atoms with Crippen molar-refractivity contribution in [3.05, 3.63) is 75.2 Å². The number of carbonyl (C=O) groups is 1. The lowest BCUT2D eigenvalue weighted by Gasteiger charge is -2.18. The van der Waals surface area contributed by atoms with Crippen LogP contribution in [0, 0.1) is 13.8 Å². The number of hydrogen-bond donors (Lipinski definition) is 0. The van der Waals surface area contributed by atoms with Crippen molar-refractivity contribution in [2.45, 2.75) is 18.7 Å². The Balaban J connectivity index is 2.01. The van der Waals surface area contributed by atoms with Crippen molar-refractivity contribution in [1.82, 2.24) is 0 Å². The van der Waals surface area contributed by atoms with Crippen LogP contribution in [0.3, 0.4) is 0 Å². The molecule has 7 heteroatoms. The SMILES string of the molecule is COc1ccc(/C(=C2\Sc3cc(OC)c(C)cc3C2=O)c2cc(OC)c(OC)c(OC)c2)cc1C. The van der Waals surface area contributed by atoms with Crippen LogP contribution in [0.1, 0.15) is 32.6 Å². The number of carbonyl (C=O) groups excluding carboxylic acids is 1. The minimum absolute atomic E-state index is 0.0343. The molecule has 0 saturated heterocycles. The van der Waals surface area contributed by atoms with E-state index >= 15 is 0 Å². The van der Waals surface area contributed by atoms with Crippen molar-refractivity contribution in [3.63, 3.8) is 0 Å². The highest BCUT2D eigenvalue weighted by Crippen LogP contribution is 2.49. The largest absolute Gasteiger partial charge is 0.496 e. The topological polar surface area (TPSA) is 63.2 Å². The molecule has 0 spiro atoms. The summed E-state index contributed by atoms with van der Waals surface area (Å²) < 4.78 is 27.7. The molecule has 35 heavy (non-hydrogen) atoms. The van der Waals surface area contributed by atoms with E-state index in [2.05, 4.69) is 0 Å². The summed E-state index contributed by atoms with van der Waals surface area (Å²) in [6, 6.07) is 13.4. The highest BCUT2D eigenvalue weighted by Gasteiger charge is 2.32. The smallest absolute Gasteiger partial charge is 0.203 e. The van der Waals surface area contributed by atoms with Crippen LogP contribution in [0.4, 0.5) is 0 Å². The van der Waals surface area contributed by atoms with Crippen LogP contribution in [0.15, 0.2) is 52.3 Å². The van der Waals surface area contributed by atoms with Crippen molar-refractivity contribution in [2.75, 3.05) is 35.5 Å². The number of fused-ring (bicyclic) bond motifs is 1. The molecule has 4 rings (SSSR count). The lowest BCUT2D eigenvalue weighted by Crippen LogP contribution is -2.03. The van der Waals surface area contributed by atoms with Gasteiger partial charge in [0.2, 0.25) is 11.5 Å². The van der Waals surface area contributed by atoms with Gasteiger partial charge in [-0.2, -0.15) is 0 Å². The molecule has 0 bridgehead atoms. The summed E-state index contributed by atoms with van der Waals surface area (Å²) in [4.78, 5) is 15.2. The summed E-state index contributed by atoms with van der Waals surface area (Å²) in [6.07, 6.45) is 0. The molecule has 0 atom stereocenters. The molecule has 0 radical (unpaired) electrons. The van der Waals surface area contributed by atoms with E-state index in [9.17, 15) is 4.79 Å². The van der Waals surface area contributed by atoms with Crippen molar-refractivity contribution < 1.29 is 28.5 Å². The molecule has 0 saturated carbocycles. The Morgan fingerprint density at radius 2 is 1.26 bits per heavy atom. The van der Waals surface area contributed by atoms with E-state index in [0.717, 1.165) is 44.2 Å². The molecular weight excluding hydrogens is 464 g/mol. The molecule has 1 heterocycles. The number of thioether (sulfide) groups is 1. The van der Waals surface area contributed by atoms with Crippen LogP contribution >= 0.6 is 11.8 Å². The quantitative estimate of drug-likeness (QED) is 0.370. The molecule has 6 nitrogen and oxygen atoms in total. The molecular formula is C28H28O6S. The van der Waals surface area contributed by atoms with Gasteiger partial charge in [-0.15, -0.1) is 0 Å². The molecule has 1 aliphatic heterocycles. The first-order valence-electron chi connectivity index (χ1n) is 11.0. The van der Waals surface area contributed by atoms with Crippen LogP contribution < -0.4 is 23.7 Å². The second kappa shape index (κ2) is 9.96. The maximum absolute atomic E-state index is 13.7. The second-order valence-electron chi connectivity index (χ2n) is 8.05. The van der Waals surface area contributed by atoms with Crippen LogP contribution in [0.2, 0.25) is 0 Å². The maximum Gasteiger partial charge on any atom is 0.203 e. The Labute approximate surface area is 209 Å². The van der Waals surface area contributed by atoms with Crippen molar-refractivity contribution in [1.29, 1.82) is 0 Å². The van der Waals surface area contributed by atoms with Crippen molar-refractivity contribution >= 4 is 23.1 Å². The molecule has 0 N–H and O–H groups in total. The van der Waals surface area contributed by atoms with E-state index in [1.54, 1.807) is 35.5 Å². The average molecular weight is 493 g/mol. The van der Waals surface area contributed by atoms with Gasteiger partial charge in [-0.3, -0.25) is 4.79 Å². The number of hydrogen-bond acceptors (Lipinski definition) is 7. The van der Waals surface area contributed by atoms with Crippen LogP contribution in [-0.4, -0.2) is 41.3 Å². The predicted molar refractivity (Wildman–Crippen MR) is 138 cm³/mol. The van der Waals surface area contributed by atoms with E-state index in [-0.39, 0.29) is 5.78 Å². The van der Waals surface area contributed by atoms with Gasteiger partial charge < -0.3 is 23.7 Å². The highest BCUT2D eigenvalue weighted by molar-refractivity contribution is 8.05. The third kappa shape index (κ3) is 4.32. The Morgan fingerprint density at radius 3 is 1.80 bits per heavy atom. The molecule has 0 aliphatic carbocycles. The van der Waals surface area contributed by atoms with Gasteiger partial charge >= 0.3 is 0 Å². The Bertz CT molecular complexity index is 1320. The second-order valence-corrected chi connectivity index (χ2v) is 9.10. The number of ketones is 1. The molecule has 0 unspecified atom stereocenters. The Hall–Kier alpha value is -3.58. The first kappa shape index (κ1) is 24.5. The Kier molecular flexibility index (Phi) is 6.98. The summed E-state index contributed by atoms with van der Waals surface area (Å²) in [5.74, 6) is 3.00. The normalized spacial score (nSPS) is 13.9. The fourth-order valence-electron chi connectivity index (χ4n) is 4.28. The summed E-state index contributed by atoms with van der Waals surface area (Å²) in [5, 5.41) is 0. The number of ether oxygens (including phenoxy) is 5. The molecule has 0 aromatic heterocycles. The first-order chi connectivity index (χ1) is 16.9. The van der Waals surface area contributed by atoms with Gasteiger partial charge in [-0.05, 0) is 72.5 Å². The maximum atomic E-state index is 13.7. The number of benzene rings is 3. The van der Waals surface area contributed by atoms with Crippen LogP contribution in [-0.2, 0) is 0 Å². The van der Waals surface area contributed by atoms with E-state index in [1.165, 1.54) is 11.8 Å². The Morgan fingerprint density at radius 1 is 0.657 bits per heavy atom. The molecule has 0 fully saturated rings. The predicted octanol–water partition coefficient (Wildman–Crippen LogP) is 6.09. The third-order valence-corrected chi connectivity index (χ3v) is 7.18. The summed E-state index contributed by atoms with van der Waals surface area (Å²) in [7, 11) is 7.99. The molecule has 3 aromatic rings. The fourth-order valence-corrected chi connectivity index (χ4v) is 5.47. The lowest BCUT2D eigenvalue weighted by atomic mass is 9.93. The van der Waals surface area contributed by atoms with Crippen LogP contribution in [0.25, 0.3) is 5.57 Å². The number of aryl methyl sites for hydroxylation is 2. The molecule has 0 amide bonds. The van der Waals surface area contributed by atoms with E-state index < -0.39 is 0 Å². The third-order valence-electron chi connectivity index (χ3n) is 6.02. The van der Waals surface area contributed by atoms with E-state index in [1.807, 2.05) is 56.3 Å². The molecule has 182 valence electrons. The van der Waals surface area contributed by atoms with Gasteiger partial charge in [0.1, 0.15) is 11.5 Å². The first-order valence-corrected chi connectivity index (χ1v) is 11.8. The van der Waals surface area contributed by atoms with E-state index in [4.69, 9.17) is 23.7 Å². The van der Waals surface area contributed by atoms with Gasteiger partial charge in [0, 0.05) is 16.0 Å². The standard InChI is InChI=1S/C28H28O6S/c1-15-10-17(8-9-20(15)30-3)25(18-12-22(32-5)27(34-7)23(13-18)33-6)28-26(29)19-11-16(2)21(31-4)14-24(19)35-28/h8-14H,1-7H3/b28-25+. The highest BCUT2D eigenvalue weighted by atomic mass is 32.2. The zero-order valence-corrected chi connectivity index (χ0v) is 21.7. The zero-order valence-electron chi connectivity index (χ0n) is 20.9. The number of rotatable bonds is 7. The van der Waals surface area contributed by atoms with Gasteiger partial charge in [0.05, 0.1) is 40.5 Å². The van der Waals surface area contributed by atoms with Crippen LogP contribution in [0.5, 0.6) is 28.7 Å². The van der Waals surface area contributed by atoms with Gasteiger partial charge in [-0.25, -0.2) is 0 Å². The number of methoxy groups -OCH3 is 5. The zero-order chi connectivity index (χ0) is 25.3.